The fourth-order valence-electron chi connectivity index (χ4n) is 2.27. The molecule has 0 spiro atoms. The van der Waals surface area contributed by atoms with Gasteiger partial charge in [-0.25, -0.2) is 5.09 Å². The van der Waals surface area contributed by atoms with Crippen LogP contribution in [0.1, 0.15) is 50.7 Å². The second-order valence-electron chi connectivity index (χ2n) is 6.17. The van der Waals surface area contributed by atoms with E-state index in [4.69, 9.17) is 9.26 Å². The monoisotopic (exact) mass is 357 g/mol. The molecule has 0 amide bonds. The van der Waals surface area contributed by atoms with Gasteiger partial charge in [0, 0.05) is 7.11 Å². The normalized spacial score (nSPS) is 13.8. The highest BCUT2D eigenvalue weighted by Crippen LogP contribution is 2.47. The minimum Gasteiger partial charge on any atom is -0.468 e. The number of para-hydroxylation sites is 1. The maximum absolute atomic E-state index is 13.1. The zero-order valence-corrected chi connectivity index (χ0v) is 16.2. The van der Waals surface area contributed by atoms with Crippen molar-refractivity contribution < 1.29 is 23.4 Å². The molecule has 1 N–H and O–H groups in total. The maximum Gasteiger partial charge on any atom is 0.342 e. The van der Waals surface area contributed by atoms with Gasteiger partial charge in [-0.1, -0.05) is 45.9 Å². The van der Waals surface area contributed by atoms with Crippen LogP contribution in [0.5, 0.6) is 5.75 Å². The Morgan fingerprint density at radius 2 is 1.67 bits per heavy atom. The van der Waals surface area contributed by atoms with Crippen LogP contribution >= 0.6 is 7.52 Å². The fraction of sp³-hybridized carbons (Fsp3) is 0.588. The molecular formula is C17H28NO5P. The first-order valence-electron chi connectivity index (χ1n) is 7.96. The smallest absolute Gasteiger partial charge is 0.342 e. The second-order valence-corrected chi connectivity index (χ2v) is 8.27. The Hall–Kier alpha value is -1.36. The lowest BCUT2D eigenvalue weighted by atomic mass is 9.94. The highest BCUT2D eigenvalue weighted by molar-refractivity contribution is 7.57. The van der Waals surface area contributed by atoms with E-state index in [1.54, 1.807) is 0 Å². The quantitative estimate of drug-likeness (QED) is 0.534. The van der Waals surface area contributed by atoms with E-state index in [1.807, 2.05) is 18.2 Å². The molecule has 0 radical (unpaired) electrons. The number of hydrogen-bond donors (Lipinski definition) is 1. The Kier molecular flexibility index (Phi) is 7.94. The van der Waals surface area contributed by atoms with E-state index >= 15 is 0 Å². The Balaban J connectivity index is 3.21. The molecule has 0 aliphatic carbocycles. The van der Waals surface area contributed by atoms with Crippen LogP contribution in [-0.4, -0.2) is 33.1 Å². The predicted octanol–water partition coefficient (Wildman–Crippen LogP) is 3.87. The first-order valence-corrected chi connectivity index (χ1v) is 9.77. The zero-order valence-electron chi connectivity index (χ0n) is 15.3. The molecule has 0 aromatic heterocycles. The Bertz CT molecular complexity index is 574. The summed E-state index contributed by atoms with van der Waals surface area (Å²) >= 11 is 0. The van der Waals surface area contributed by atoms with Crippen molar-refractivity contribution in [2.45, 2.75) is 39.5 Å². The van der Waals surface area contributed by atoms with Crippen LogP contribution in [-0.2, 0) is 18.8 Å². The molecule has 0 aliphatic rings. The number of carbonyl (C=O) groups excluding carboxylic acids is 1. The fourth-order valence-corrected chi connectivity index (χ4v) is 3.69. The highest BCUT2D eigenvalue weighted by atomic mass is 31.2. The number of carbonyl (C=O) groups is 1. The van der Waals surface area contributed by atoms with Gasteiger partial charge in [0.2, 0.25) is 0 Å². The second kappa shape index (κ2) is 9.21. The van der Waals surface area contributed by atoms with Gasteiger partial charge in [0.25, 0.3) is 0 Å². The largest absolute Gasteiger partial charge is 0.468 e. The van der Waals surface area contributed by atoms with E-state index in [-0.39, 0.29) is 24.7 Å². The number of esters is 1. The van der Waals surface area contributed by atoms with Crippen LogP contribution in [0.4, 0.5) is 0 Å². The molecule has 0 fully saturated rings. The zero-order chi connectivity index (χ0) is 18.3. The van der Waals surface area contributed by atoms with Crippen molar-refractivity contribution in [1.82, 2.24) is 5.09 Å². The Labute approximate surface area is 144 Å². The number of benzene rings is 1. The summed E-state index contributed by atoms with van der Waals surface area (Å²) in [7, 11) is -0.702. The summed E-state index contributed by atoms with van der Waals surface area (Å²) in [5, 5.41) is 2.66. The average molecular weight is 357 g/mol. The summed E-state index contributed by atoms with van der Waals surface area (Å²) in [6, 6.07) is 5.90. The van der Waals surface area contributed by atoms with Crippen molar-refractivity contribution in [2.24, 2.45) is 0 Å². The van der Waals surface area contributed by atoms with Gasteiger partial charge in [0.05, 0.1) is 7.11 Å². The molecule has 0 saturated heterocycles. The molecule has 0 bridgehead atoms. The molecule has 1 aromatic carbocycles. The first kappa shape index (κ1) is 20.7. The SMILES string of the molecule is COCP(=O)(NCC(=O)OC)Oc1c(C(C)C)cccc1C(C)C. The number of rotatable bonds is 9. The number of methoxy groups -OCH3 is 2. The Morgan fingerprint density at radius 3 is 2.08 bits per heavy atom. The molecular weight excluding hydrogens is 329 g/mol. The van der Waals surface area contributed by atoms with E-state index < -0.39 is 13.5 Å². The van der Waals surface area contributed by atoms with Gasteiger partial charge in [-0.05, 0) is 23.0 Å². The number of hydrogen-bond acceptors (Lipinski definition) is 5. The molecule has 1 atom stereocenters. The van der Waals surface area contributed by atoms with Gasteiger partial charge >= 0.3 is 13.5 Å². The van der Waals surface area contributed by atoms with Crippen molar-refractivity contribution >= 4 is 13.5 Å². The van der Waals surface area contributed by atoms with E-state index in [9.17, 15) is 9.36 Å². The van der Waals surface area contributed by atoms with Crippen LogP contribution in [0.2, 0.25) is 0 Å². The molecule has 0 saturated carbocycles. The van der Waals surface area contributed by atoms with E-state index in [2.05, 4.69) is 37.5 Å². The van der Waals surface area contributed by atoms with Crippen LogP contribution in [0, 0.1) is 0 Å². The number of nitrogens with one attached hydrogen (secondary N) is 1. The van der Waals surface area contributed by atoms with Gasteiger partial charge < -0.3 is 14.0 Å². The van der Waals surface area contributed by atoms with Crippen LogP contribution in [0.3, 0.4) is 0 Å². The molecule has 0 aliphatic heterocycles. The van der Waals surface area contributed by atoms with E-state index in [0.29, 0.717) is 5.75 Å². The predicted molar refractivity (Wildman–Crippen MR) is 94.7 cm³/mol. The standard InChI is InChI=1S/C17H28NO5P/c1-12(2)14-8-7-9-15(13(3)4)17(14)23-24(20,11-21-5)18-10-16(19)22-6/h7-9,12-13H,10-11H2,1-6H3,(H,18,20). The lowest BCUT2D eigenvalue weighted by molar-refractivity contribution is -0.139. The molecule has 1 aromatic rings. The molecule has 24 heavy (non-hydrogen) atoms. The van der Waals surface area contributed by atoms with Crippen molar-refractivity contribution in [3.63, 3.8) is 0 Å². The minimum atomic E-state index is -3.41. The number of ether oxygens (including phenoxy) is 2. The maximum atomic E-state index is 13.1. The van der Waals surface area contributed by atoms with Crippen molar-refractivity contribution in [2.75, 3.05) is 27.1 Å². The summed E-state index contributed by atoms with van der Waals surface area (Å²) in [6.07, 6.45) is -0.145. The van der Waals surface area contributed by atoms with Gasteiger partial charge in [-0.15, -0.1) is 0 Å². The van der Waals surface area contributed by atoms with Gasteiger partial charge in [-0.3, -0.25) is 9.36 Å². The van der Waals surface area contributed by atoms with E-state index in [1.165, 1.54) is 14.2 Å². The molecule has 1 rings (SSSR count). The Morgan fingerprint density at radius 1 is 1.12 bits per heavy atom. The topological polar surface area (TPSA) is 73.9 Å². The summed E-state index contributed by atoms with van der Waals surface area (Å²) in [5.41, 5.74) is 1.94. The summed E-state index contributed by atoms with van der Waals surface area (Å²) in [6.45, 7) is 7.99. The van der Waals surface area contributed by atoms with Crippen molar-refractivity contribution in [3.05, 3.63) is 29.3 Å². The minimum absolute atomic E-state index is 0.145. The van der Waals surface area contributed by atoms with Gasteiger partial charge in [-0.2, -0.15) is 0 Å². The third-order valence-electron chi connectivity index (χ3n) is 3.55. The van der Waals surface area contributed by atoms with Crippen molar-refractivity contribution in [1.29, 1.82) is 0 Å². The highest BCUT2D eigenvalue weighted by Gasteiger charge is 2.29. The third kappa shape index (κ3) is 5.62. The third-order valence-corrected chi connectivity index (χ3v) is 5.27. The summed E-state index contributed by atoms with van der Waals surface area (Å²) in [4.78, 5) is 11.4. The lowest BCUT2D eigenvalue weighted by Crippen LogP contribution is -2.25. The van der Waals surface area contributed by atoms with Crippen LogP contribution in [0.15, 0.2) is 18.2 Å². The van der Waals surface area contributed by atoms with Crippen molar-refractivity contribution in [3.8, 4) is 5.75 Å². The molecule has 1 unspecified atom stereocenters. The molecule has 6 nitrogen and oxygen atoms in total. The molecule has 7 heteroatoms. The molecule has 0 heterocycles. The lowest BCUT2D eigenvalue weighted by Gasteiger charge is -2.25. The first-order chi connectivity index (χ1) is 11.2. The van der Waals surface area contributed by atoms with Gasteiger partial charge in [0.1, 0.15) is 18.6 Å². The summed E-state index contributed by atoms with van der Waals surface area (Å²) < 4.78 is 28.6. The molecule has 136 valence electrons. The van der Waals surface area contributed by atoms with Gasteiger partial charge in [0.15, 0.2) is 0 Å². The average Bonchev–Trinajstić information content (AvgIpc) is 2.52. The van der Waals surface area contributed by atoms with E-state index in [0.717, 1.165) is 11.1 Å². The van der Waals surface area contributed by atoms with Crippen LogP contribution < -0.4 is 9.61 Å². The summed E-state index contributed by atoms with van der Waals surface area (Å²) in [5.74, 6) is 0.488. The van der Waals surface area contributed by atoms with Crippen LogP contribution in [0.25, 0.3) is 0 Å².